The van der Waals surface area contributed by atoms with Crippen LogP contribution in [0, 0.1) is 0 Å². The van der Waals surface area contributed by atoms with Crippen LogP contribution < -0.4 is 16.7 Å². The Morgan fingerprint density at radius 3 is 2.87 bits per heavy atom. The second-order valence-corrected chi connectivity index (χ2v) is 5.77. The van der Waals surface area contributed by atoms with Crippen LogP contribution in [0.3, 0.4) is 0 Å². The minimum atomic E-state index is -0.193. The number of anilines is 1. The van der Waals surface area contributed by atoms with Gasteiger partial charge in [0.2, 0.25) is 5.91 Å². The number of nitrogen functional groups attached to an aromatic ring is 1. The molecule has 2 rings (SSSR count). The van der Waals surface area contributed by atoms with Gasteiger partial charge >= 0.3 is 5.69 Å². The molecule has 0 aliphatic heterocycles. The highest BCUT2D eigenvalue weighted by molar-refractivity contribution is 5.85. The summed E-state index contributed by atoms with van der Waals surface area (Å²) in [6.07, 6.45) is 4.90. The van der Waals surface area contributed by atoms with Crippen LogP contribution in [0.25, 0.3) is 11.0 Å². The Hall–Kier alpha value is -2.31. The molecular formula is C16H25N5O2. The van der Waals surface area contributed by atoms with Crippen molar-refractivity contribution >= 4 is 22.8 Å². The van der Waals surface area contributed by atoms with Gasteiger partial charge in [-0.2, -0.15) is 0 Å². The number of nitrogens with one attached hydrogen (secondary N) is 2. The van der Waals surface area contributed by atoms with Crippen molar-refractivity contribution in [2.75, 3.05) is 12.3 Å². The monoisotopic (exact) mass is 319 g/mol. The van der Waals surface area contributed by atoms with E-state index in [-0.39, 0.29) is 11.6 Å². The van der Waals surface area contributed by atoms with Gasteiger partial charge in [0.15, 0.2) is 0 Å². The van der Waals surface area contributed by atoms with Gasteiger partial charge in [-0.3, -0.25) is 9.36 Å². The predicted octanol–water partition coefficient (Wildman–Crippen LogP) is 1.57. The number of imidazole rings is 1. The first kappa shape index (κ1) is 17.1. The lowest BCUT2D eigenvalue weighted by Crippen LogP contribution is -2.24. The second kappa shape index (κ2) is 7.80. The highest BCUT2D eigenvalue weighted by Crippen LogP contribution is 2.19. The van der Waals surface area contributed by atoms with Gasteiger partial charge in [0, 0.05) is 25.7 Å². The largest absolute Gasteiger partial charge is 0.382 e. The molecule has 2 aromatic rings. The van der Waals surface area contributed by atoms with Crippen molar-refractivity contribution in [3.8, 4) is 0 Å². The molecule has 0 spiro atoms. The Balaban J connectivity index is 2.20. The Morgan fingerprint density at radius 1 is 1.39 bits per heavy atom. The fourth-order valence-corrected chi connectivity index (χ4v) is 2.64. The van der Waals surface area contributed by atoms with E-state index >= 15 is 0 Å². The van der Waals surface area contributed by atoms with Gasteiger partial charge in [-0.25, -0.2) is 9.78 Å². The first-order valence-corrected chi connectivity index (χ1v) is 8.15. The van der Waals surface area contributed by atoms with Crippen molar-refractivity contribution in [3.63, 3.8) is 0 Å². The van der Waals surface area contributed by atoms with E-state index in [1.54, 1.807) is 4.57 Å². The zero-order valence-electron chi connectivity index (χ0n) is 13.8. The number of aromatic nitrogens is 3. The molecule has 1 amide bonds. The minimum Gasteiger partial charge on any atom is -0.382 e. The summed E-state index contributed by atoms with van der Waals surface area (Å²) in [5.41, 5.74) is 8.09. The number of carbonyl (C=O) groups is 1. The van der Waals surface area contributed by atoms with E-state index in [4.69, 9.17) is 5.73 Å². The Bertz CT molecular complexity index is 732. The van der Waals surface area contributed by atoms with E-state index in [2.05, 4.69) is 22.2 Å². The van der Waals surface area contributed by atoms with E-state index in [1.165, 1.54) is 6.92 Å². The summed E-state index contributed by atoms with van der Waals surface area (Å²) >= 11 is 0. The van der Waals surface area contributed by atoms with Gasteiger partial charge < -0.3 is 16.0 Å². The third-order valence-electron chi connectivity index (χ3n) is 3.82. The summed E-state index contributed by atoms with van der Waals surface area (Å²) < 4.78 is 1.67. The predicted molar refractivity (Wildman–Crippen MR) is 91.3 cm³/mol. The van der Waals surface area contributed by atoms with Gasteiger partial charge in [0.05, 0.1) is 5.52 Å². The SMILES string of the molecule is CCCCCc1cc2c([nH]c(=O)n2CCCNC(C)=O)c(N)n1. The van der Waals surface area contributed by atoms with Crippen LogP contribution in [0.5, 0.6) is 0 Å². The molecule has 0 aliphatic rings. The van der Waals surface area contributed by atoms with Crippen molar-refractivity contribution in [2.45, 2.75) is 52.5 Å². The number of aromatic amines is 1. The number of H-pyrrole nitrogens is 1. The minimum absolute atomic E-state index is 0.0667. The number of fused-ring (bicyclic) bond motifs is 1. The molecule has 2 aromatic heterocycles. The quantitative estimate of drug-likeness (QED) is 0.642. The summed E-state index contributed by atoms with van der Waals surface area (Å²) in [6, 6.07) is 1.94. The smallest absolute Gasteiger partial charge is 0.326 e. The average Bonchev–Trinajstić information content (AvgIpc) is 2.81. The molecule has 0 atom stereocenters. The topological polar surface area (TPSA) is 106 Å². The number of carbonyl (C=O) groups excluding carboxylic acids is 1. The molecule has 23 heavy (non-hydrogen) atoms. The third-order valence-corrected chi connectivity index (χ3v) is 3.82. The average molecular weight is 319 g/mol. The van der Waals surface area contributed by atoms with Crippen molar-refractivity contribution in [3.05, 3.63) is 22.2 Å². The van der Waals surface area contributed by atoms with Gasteiger partial charge in [0.1, 0.15) is 11.3 Å². The van der Waals surface area contributed by atoms with Crippen LogP contribution in [0.4, 0.5) is 5.82 Å². The van der Waals surface area contributed by atoms with Gasteiger partial charge in [-0.05, 0) is 25.3 Å². The van der Waals surface area contributed by atoms with Gasteiger partial charge in [0.25, 0.3) is 0 Å². The number of amides is 1. The maximum absolute atomic E-state index is 12.1. The Morgan fingerprint density at radius 2 is 2.17 bits per heavy atom. The summed E-state index contributed by atoms with van der Waals surface area (Å²) in [7, 11) is 0. The number of pyridine rings is 1. The third kappa shape index (κ3) is 4.34. The maximum atomic E-state index is 12.1. The van der Waals surface area contributed by atoms with E-state index in [0.717, 1.165) is 36.9 Å². The van der Waals surface area contributed by atoms with Crippen LogP contribution in [0.1, 0.15) is 45.2 Å². The molecule has 126 valence electrons. The number of hydrogen-bond donors (Lipinski definition) is 3. The lowest BCUT2D eigenvalue weighted by atomic mass is 10.1. The van der Waals surface area contributed by atoms with Crippen molar-refractivity contribution in [2.24, 2.45) is 0 Å². The number of aryl methyl sites for hydroxylation is 2. The van der Waals surface area contributed by atoms with E-state index < -0.39 is 0 Å². The molecule has 7 heteroatoms. The fourth-order valence-electron chi connectivity index (χ4n) is 2.64. The number of hydrogen-bond acceptors (Lipinski definition) is 4. The van der Waals surface area contributed by atoms with Crippen LogP contribution in [0.15, 0.2) is 10.9 Å². The van der Waals surface area contributed by atoms with E-state index in [1.807, 2.05) is 6.07 Å². The Labute approximate surface area is 135 Å². The molecular weight excluding hydrogens is 294 g/mol. The lowest BCUT2D eigenvalue weighted by molar-refractivity contribution is -0.118. The molecule has 0 saturated carbocycles. The lowest BCUT2D eigenvalue weighted by Gasteiger charge is -2.07. The Kier molecular flexibility index (Phi) is 5.78. The highest BCUT2D eigenvalue weighted by Gasteiger charge is 2.12. The number of nitrogens with zero attached hydrogens (tertiary/aromatic N) is 2. The van der Waals surface area contributed by atoms with Crippen molar-refractivity contribution in [1.29, 1.82) is 0 Å². The van der Waals surface area contributed by atoms with Crippen LogP contribution >= 0.6 is 0 Å². The first-order valence-electron chi connectivity index (χ1n) is 8.15. The van der Waals surface area contributed by atoms with Gasteiger partial charge in [-0.15, -0.1) is 0 Å². The fraction of sp³-hybridized carbons (Fsp3) is 0.562. The molecule has 4 N–H and O–H groups in total. The van der Waals surface area contributed by atoms with Crippen molar-refractivity contribution < 1.29 is 4.79 Å². The molecule has 0 aliphatic carbocycles. The summed E-state index contributed by atoms with van der Waals surface area (Å²) in [5, 5.41) is 2.73. The van der Waals surface area contributed by atoms with Gasteiger partial charge in [-0.1, -0.05) is 19.8 Å². The standard InChI is InChI=1S/C16H25N5O2/c1-3-4-5-7-12-10-13-14(15(17)19-12)20-16(23)21(13)9-6-8-18-11(2)22/h10H,3-9H2,1-2H3,(H2,17,19)(H,18,22)(H,20,23). The molecule has 0 aromatic carbocycles. The molecule has 0 bridgehead atoms. The molecule has 0 unspecified atom stereocenters. The van der Waals surface area contributed by atoms with Crippen molar-refractivity contribution in [1.82, 2.24) is 19.9 Å². The number of unbranched alkanes of at least 4 members (excludes halogenated alkanes) is 2. The maximum Gasteiger partial charge on any atom is 0.326 e. The highest BCUT2D eigenvalue weighted by atomic mass is 16.1. The molecule has 0 radical (unpaired) electrons. The van der Waals surface area contributed by atoms with E-state index in [9.17, 15) is 9.59 Å². The normalized spacial score (nSPS) is 11.0. The molecule has 2 heterocycles. The summed E-state index contributed by atoms with van der Waals surface area (Å²) in [6.45, 7) is 4.70. The zero-order chi connectivity index (χ0) is 16.8. The first-order chi connectivity index (χ1) is 11.0. The number of nitrogens with two attached hydrogens (primary N) is 1. The zero-order valence-corrected chi connectivity index (χ0v) is 13.8. The van der Waals surface area contributed by atoms with E-state index in [0.29, 0.717) is 30.8 Å². The van der Waals surface area contributed by atoms with Crippen LogP contribution in [-0.4, -0.2) is 27.0 Å². The molecule has 0 fully saturated rings. The molecule has 0 saturated heterocycles. The number of rotatable bonds is 8. The second-order valence-electron chi connectivity index (χ2n) is 5.77. The summed E-state index contributed by atoms with van der Waals surface area (Å²) in [4.78, 5) is 30.2. The van der Waals surface area contributed by atoms with Crippen LogP contribution in [0.2, 0.25) is 0 Å². The summed E-state index contributed by atoms with van der Waals surface area (Å²) in [5.74, 6) is 0.301. The molecule has 7 nitrogen and oxygen atoms in total. The van der Waals surface area contributed by atoms with Crippen LogP contribution in [-0.2, 0) is 17.8 Å².